The maximum Gasteiger partial charge on any atom is 0.270 e. The molecule has 34 heavy (non-hydrogen) atoms. The Morgan fingerprint density at radius 1 is 1.15 bits per heavy atom. The summed E-state index contributed by atoms with van der Waals surface area (Å²) in [5, 5.41) is 16.5. The molecule has 0 spiro atoms. The highest BCUT2D eigenvalue weighted by molar-refractivity contribution is 7.90. The van der Waals surface area contributed by atoms with Crippen molar-refractivity contribution in [3.63, 3.8) is 0 Å². The van der Waals surface area contributed by atoms with Gasteiger partial charge in [-0.05, 0) is 49.4 Å². The Balaban J connectivity index is 1.43. The largest absolute Gasteiger partial charge is 0.369 e. The van der Waals surface area contributed by atoms with Crippen LogP contribution in [0.25, 0.3) is 11.0 Å². The van der Waals surface area contributed by atoms with E-state index in [1.807, 2.05) is 30.3 Å². The zero-order valence-electron chi connectivity index (χ0n) is 18.5. The summed E-state index contributed by atoms with van der Waals surface area (Å²) in [4.78, 5) is 11.1. The predicted molar refractivity (Wildman–Crippen MR) is 131 cm³/mol. The minimum Gasteiger partial charge on any atom is -0.369 e. The van der Waals surface area contributed by atoms with Crippen molar-refractivity contribution in [1.82, 2.24) is 19.3 Å². The Hall–Kier alpha value is -3.94. The molecule has 4 aromatic rings. The van der Waals surface area contributed by atoms with Crippen molar-refractivity contribution in [2.45, 2.75) is 17.9 Å². The van der Waals surface area contributed by atoms with Gasteiger partial charge in [0.1, 0.15) is 11.0 Å². The standard InChI is InChI=1S/C24H23N7O2S/c1-17-16-30(13-11-26-17)21-8-6-20(7-9-21)28-24-27-15-19-10-12-31(23(19)29-24)34(32,33)22-5-3-2-4-18(22)14-25/h2-10,12,15,17,26H,11,13,16H2,1H3,(H,27,28,29). The van der Waals surface area contributed by atoms with Gasteiger partial charge < -0.3 is 15.5 Å². The van der Waals surface area contributed by atoms with Crippen molar-refractivity contribution in [1.29, 1.82) is 5.26 Å². The van der Waals surface area contributed by atoms with Crippen LogP contribution in [0.15, 0.2) is 71.9 Å². The van der Waals surface area contributed by atoms with Crippen LogP contribution in [0, 0.1) is 11.3 Å². The molecule has 9 nitrogen and oxygen atoms in total. The Kier molecular flexibility index (Phi) is 5.65. The van der Waals surface area contributed by atoms with Gasteiger partial charge in [0.25, 0.3) is 10.0 Å². The number of anilines is 3. The van der Waals surface area contributed by atoms with Crippen LogP contribution in [-0.4, -0.2) is 48.0 Å². The molecular weight excluding hydrogens is 450 g/mol. The van der Waals surface area contributed by atoms with Crippen LogP contribution >= 0.6 is 0 Å². The van der Waals surface area contributed by atoms with E-state index in [0.29, 0.717) is 11.4 Å². The number of hydrogen-bond donors (Lipinski definition) is 2. The summed E-state index contributed by atoms with van der Waals surface area (Å²) in [5.74, 6) is 0.278. The SMILES string of the molecule is CC1CN(c2ccc(Nc3ncc4ccn(S(=O)(=O)c5ccccc5C#N)c4n3)cc2)CCN1. The molecule has 1 saturated heterocycles. The van der Waals surface area contributed by atoms with Crippen LogP contribution in [0.5, 0.6) is 0 Å². The molecule has 0 saturated carbocycles. The first-order chi connectivity index (χ1) is 16.5. The fourth-order valence-corrected chi connectivity index (χ4v) is 5.54. The van der Waals surface area contributed by atoms with E-state index in [-0.39, 0.29) is 22.1 Å². The highest BCUT2D eigenvalue weighted by atomic mass is 32.2. The van der Waals surface area contributed by atoms with Crippen molar-refractivity contribution >= 4 is 38.4 Å². The van der Waals surface area contributed by atoms with Gasteiger partial charge in [0.2, 0.25) is 5.95 Å². The van der Waals surface area contributed by atoms with E-state index in [1.165, 1.54) is 18.3 Å². The normalized spacial score (nSPS) is 16.4. The van der Waals surface area contributed by atoms with Gasteiger partial charge in [-0.25, -0.2) is 17.4 Å². The zero-order valence-corrected chi connectivity index (χ0v) is 19.3. The van der Waals surface area contributed by atoms with Gasteiger partial charge in [-0.1, -0.05) is 12.1 Å². The molecule has 0 aliphatic carbocycles. The fraction of sp³-hybridized carbons (Fsp3) is 0.208. The summed E-state index contributed by atoms with van der Waals surface area (Å²) in [6.07, 6.45) is 3.00. The van der Waals surface area contributed by atoms with Gasteiger partial charge in [0.15, 0.2) is 5.65 Å². The number of aromatic nitrogens is 3. The van der Waals surface area contributed by atoms with Crippen LogP contribution in [0.1, 0.15) is 12.5 Å². The summed E-state index contributed by atoms with van der Waals surface area (Å²) in [6, 6.07) is 18.1. The first-order valence-corrected chi connectivity index (χ1v) is 12.3. The third-order valence-corrected chi connectivity index (χ3v) is 7.52. The molecule has 3 heterocycles. The molecule has 1 fully saturated rings. The van der Waals surface area contributed by atoms with Gasteiger partial charge >= 0.3 is 0 Å². The maximum absolute atomic E-state index is 13.3. The lowest BCUT2D eigenvalue weighted by atomic mass is 10.2. The smallest absolute Gasteiger partial charge is 0.270 e. The molecule has 1 aliphatic heterocycles. The molecule has 0 radical (unpaired) electrons. The highest BCUT2D eigenvalue weighted by Gasteiger charge is 2.23. The van der Waals surface area contributed by atoms with Crippen LogP contribution in [0.2, 0.25) is 0 Å². The highest BCUT2D eigenvalue weighted by Crippen LogP contribution is 2.25. The quantitative estimate of drug-likeness (QED) is 0.454. The second-order valence-corrected chi connectivity index (χ2v) is 9.95. The number of benzene rings is 2. The van der Waals surface area contributed by atoms with Crippen LogP contribution in [-0.2, 0) is 10.0 Å². The molecule has 2 aromatic heterocycles. The van der Waals surface area contributed by atoms with Crippen molar-refractivity contribution < 1.29 is 8.42 Å². The summed E-state index contributed by atoms with van der Waals surface area (Å²) >= 11 is 0. The molecule has 0 bridgehead atoms. The molecular formula is C24H23N7O2S. The third-order valence-electron chi connectivity index (χ3n) is 5.80. The number of rotatable bonds is 5. The van der Waals surface area contributed by atoms with Gasteiger partial charge in [0, 0.05) is 54.8 Å². The molecule has 5 rings (SSSR count). The summed E-state index contributed by atoms with van der Waals surface area (Å²) in [5.41, 5.74) is 2.25. The molecule has 2 N–H and O–H groups in total. The summed E-state index contributed by atoms with van der Waals surface area (Å²) in [6.45, 7) is 5.03. The van der Waals surface area contributed by atoms with Gasteiger partial charge in [-0.3, -0.25) is 0 Å². The number of piperazine rings is 1. The average Bonchev–Trinajstić information content (AvgIpc) is 3.29. The predicted octanol–water partition coefficient (Wildman–Crippen LogP) is 3.08. The zero-order chi connectivity index (χ0) is 23.7. The number of fused-ring (bicyclic) bond motifs is 1. The van der Waals surface area contributed by atoms with Gasteiger partial charge in [-0.15, -0.1) is 0 Å². The molecule has 1 aliphatic rings. The van der Waals surface area contributed by atoms with E-state index >= 15 is 0 Å². The van der Waals surface area contributed by atoms with E-state index in [1.54, 1.807) is 24.4 Å². The number of nitriles is 1. The van der Waals surface area contributed by atoms with Crippen molar-refractivity contribution in [3.8, 4) is 6.07 Å². The van der Waals surface area contributed by atoms with Crippen molar-refractivity contribution in [2.24, 2.45) is 0 Å². The summed E-state index contributed by atoms with van der Waals surface area (Å²) in [7, 11) is -4.01. The van der Waals surface area contributed by atoms with Crippen LogP contribution in [0.4, 0.5) is 17.3 Å². The Morgan fingerprint density at radius 3 is 2.71 bits per heavy atom. The second-order valence-electron chi connectivity index (χ2n) is 8.17. The maximum atomic E-state index is 13.3. The molecule has 0 amide bonds. The lowest BCUT2D eigenvalue weighted by Crippen LogP contribution is -2.49. The number of nitrogens with one attached hydrogen (secondary N) is 2. The molecule has 172 valence electrons. The number of nitrogens with zero attached hydrogens (tertiary/aromatic N) is 5. The summed E-state index contributed by atoms with van der Waals surface area (Å²) < 4.78 is 27.7. The van der Waals surface area contributed by atoms with Crippen molar-refractivity contribution in [3.05, 3.63) is 72.6 Å². The first kappa shape index (κ1) is 21.9. The monoisotopic (exact) mass is 473 g/mol. The Labute approximate surface area is 197 Å². The average molecular weight is 474 g/mol. The van der Waals surface area contributed by atoms with E-state index < -0.39 is 10.0 Å². The topological polar surface area (TPSA) is 116 Å². The van der Waals surface area contributed by atoms with Gasteiger partial charge in [-0.2, -0.15) is 10.2 Å². The van der Waals surface area contributed by atoms with E-state index in [2.05, 4.69) is 32.4 Å². The van der Waals surface area contributed by atoms with Crippen LogP contribution < -0.4 is 15.5 Å². The Bertz CT molecular complexity index is 1490. The minimum absolute atomic E-state index is 0.0686. The molecule has 1 atom stereocenters. The van der Waals surface area contributed by atoms with E-state index in [9.17, 15) is 13.7 Å². The molecule has 2 aromatic carbocycles. The molecule has 10 heteroatoms. The van der Waals surface area contributed by atoms with Crippen LogP contribution in [0.3, 0.4) is 0 Å². The van der Waals surface area contributed by atoms with E-state index in [0.717, 1.165) is 35.0 Å². The Morgan fingerprint density at radius 2 is 1.94 bits per heavy atom. The molecule has 1 unspecified atom stereocenters. The fourth-order valence-electron chi connectivity index (χ4n) is 4.09. The van der Waals surface area contributed by atoms with Crippen molar-refractivity contribution in [2.75, 3.05) is 29.9 Å². The first-order valence-electron chi connectivity index (χ1n) is 10.9. The third kappa shape index (κ3) is 4.07. The lowest BCUT2D eigenvalue weighted by Gasteiger charge is -2.33. The minimum atomic E-state index is -4.01. The van der Waals surface area contributed by atoms with E-state index in [4.69, 9.17) is 0 Å². The lowest BCUT2D eigenvalue weighted by molar-refractivity contribution is 0.485. The second kappa shape index (κ2) is 8.78. The number of hydrogen-bond acceptors (Lipinski definition) is 8. The van der Waals surface area contributed by atoms with Gasteiger partial charge in [0.05, 0.1) is 5.56 Å².